The summed E-state index contributed by atoms with van der Waals surface area (Å²) in [6, 6.07) is 11.6. The first-order chi connectivity index (χ1) is 21.3. The van der Waals surface area contributed by atoms with E-state index in [4.69, 9.17) is 15.2 Å². The van der Waals surface area contributed by atoms with Gasteiger partial charge in [-0.15, -0.1) is 0 Å². The van der Waals surface area contributed by atoms with E-state index in [0.29, 0.717) is 29.9 Å². The Labute approximate surface area is 264 Å². The molecular weight excluding hydrogens is 555 g/mol. The maximum absolute atomic E-state index is 13.3. The van der Waals surface area contributed by atoms with Crippen LogP contribution in [0.2, 0.25) is 0 Å². The number of Topliss-reactive ketones (excluding diaryl/α,β-unsaturated/α-hetero) is 1. The first-order valence-electron chi connectivity index (χ1n) is 16.9. The number of likely N-dealkylation sites (tertiary alicyclic amines) is 1. The third-order valence-electron chi connectivity index (χ3n) is 9.53. The Morgan fingerprint density at radius 3 is 1.95 bits per heavy atom. The molecule has 2 N–H and O–H groups in total. The number of benzene rings is 2. The summed E-state index contributed by atoms with van der Waals surface area (Å²) in [5.74, 6) is 0.680. The third-order valence-corrected chi connectivity index (χ3v) is 9.53. The van der Waals surface area contributed by atoms with Crippen LogP contribution in [-0.2, 0) is 10.2 Å². The Morgan fingerprint density at radius 1 is 0.818 bits per heavy atom. The van der Waals surface area contributed by atoms with Crippen LogP contribution >= 0.6 is 0 Å². The molecule has 0 radical (unpaired) electrons. The zero-order chi connectivity index (χ0) is 31.8. The lowest BCUT2D eigenvalue weighted by Crippen LogP contribution is -2.43. The second kappa shape index (κ2) is 18.8. The van der Waals surface area contributed by atoms with E-state index >= 15 is 0 Å². The Morgan fingerprint density at radius 2 is 1.39 bits per heavy atom. The van der Waals surface area contributed by atoms with Crippen LogP contribution in [0.3, 0.4) is 0 Å². The Balaban J connectivity index is 1.58. The normalized spacial score (nSPS) is 15.5. The van der Waals surface area contributed by atoms with Crippen molar-refractivity contribution in [1.82, 2.24) is 4.90 Å². The van der Waals surface area contributed by atoms with E-state index in [1.807, 2.05) is 18.2 Å². The maximum Gasteiger partial charge on any atom is 0.228 e. The number of halogens is 1. The molecule has 1 aliphatic heterocycles. The minimum absolute atomic E-state index is 0.0375. The monoisotopic (exact) mass is 610 g/mol. The second-order valence-corrected chi connectivity index (χ2v) is 12.5. The van der Waals surface area contributed by atoms with E-state index in [1.165, 1.54) is 63.5 Å². The van der Waals surface area contributed by atoms with Crippen molar-refractivity contribution in [3.63, 3.8) is 0 Å². The molecule has 244 valence electrons. The number of hydrogen-bond donors (Lipinski definition) is 1. The van der Waals surface area contributed by atoms with E-state index in [9.17, 15) is 14.0 Å². The number of nitrogens with zero attached hydrogens (tertiary/aromatic N) is 1. The van der Waals surface area contributed by atoms with Crippen LogP contribution in [0.25, 0.3) is 0 Å². The molecule has 0 bridgehead atoms. The molecule has 0 aromatic heterocycles. The minimum Gasteiger partial charge on any atom is -0.493 e. The minimum atomic E-state index is -0.781. The number of amides is 1. The number of ketones is 1. The highest BCUT2D eigenvalue weighted by atomic mass is 19.1. The van der Waals surface area contributed by atoms with E-state index in [1.54, 1.807) is 26.4 Å². The molecule has 1 heterocycles. The Bertz CT molecular complexity index is 1150. The predicted molar refractivity (Wildman–Crippen MR) is 176 cm³/mol. The second-order valence-electron chi connectivity index (χ2n) is 12.5. The maximum atomic E-state index is 13.3. The van der Waals surface area contributed by atoms with E-state index < -0.39 is 5.41 Å². The summed E-state index contributed by atoms with van der Waals surface area (Å²) in [5.41, 5.74) is 6.93. The lowest BCUT2D eigenvalue weighted by Gasteiger charge is -2.35. The Hall–Kier alpha value is -2.93. The van der Waals surface area contributed by atoms with Gasteiger partial charge >= 0.3 is 0 Å². The van der Waals surface area contributed by atoms with Crippen molar-refractivity contribution < 1.29 is 23.5 Å². The molecule has 0 spiro atoms. The van der Waals surface area contributed by atoms with Crippen molar-refractivity contribution in [3.8, 4) is 11.5 Å². The molecule has 1 unspecified atom stereocenters. The van der Waals surface area contributed by atoms with Crippen molar-refractivity contribution in [2.75, 3.05) is 33.9 Å². The highest BCUT2D eigenvalue weighted by Crippen LogP contribution is 2.40. The molecule has 1 aliphatic rings. The molecule has 3 rings (SSSR count). The number of rotatable bonds is 21. The number of carbonyl (C=O) groups is 2. The van der Waals surface area contributed by atoms with Crippen molar-refractivity contribution in [2.24, 2.45) is 11.7 Å². The van der Waals surface area contributed by atoms with E-state index in [2.05, 4.69) is 11.8 Å². The average Bonchev–Trinajstić information content (AvgIpc) is 3.04. The van der Waals surface area contributed by atoms with Gasteiger partial charge in [0.1, 0.15) is 5.82 Å². The summed E-state index contributed by atoms with van der Waals surface area (Å²) < 4.78 is 24.3. The van der Waals surface area contributed by atoms with Gasteiger partial charge in [0.15, 0.2) is 17.3 Å². The topological polar surface area (TPSA) is 81.9 Å². The summed E-state index contributed by atoms with van der Waals surface area (Å²) in [4.78, 5) is 28.6. The molecule has 1 fully saturated rings. The number of unbranched alkanes of at least 4 members (excludes halogenated alkanes) is 9. The number of piperidine rings is 1. The highest BCUT2D eigenvalue weighted by Gasteiger charge is 2.38. The fourth-order valence-corrected chi connectivity index (χ4v) is 6.72. The van der Waals surface area contributed by atoms with Crippen LogP contribution in [0, 0.1) is 11.7 Å². The molecule has 2 aromatic carbocycles. The van der Waals surface area contributed by atoms with Gasteiger partial charge in [-0.1, -0.05) is 77.2 Å². The van der Waals surface area contributed by atoms with Gasteiger partial charge in [0.05, 0.1) is 19.6 Å². The highest BCUT2D eigenvalue weighted by molar-refractivity contribution is 5.97. The number of hydrogen-bond acceptors (Lipinski definition) is 5. The van der Waals surface area contributed by atoms with Gasteiger partial charge in [-0.05, 0) is 93.7 Å². The van der Waals surface area contributed by atoms with Crippen molar-refractivity contribution in [3.05, 3.63) is 59.4 Å². The molecule has 44 heavy (non-hydrogen) atoms. The van der Waals surface area contributed by atoms with Crippen LogP contribution in [0.1, 0.15) is 119 Å². The van der Waals surface area contributed by atoms with Gasteiger partial charge in [-0.2, -0.15) is 0 Å². The van der Waals surface area contributed by atoms with Crippen molar-refractivity contribution >= 4 is 11.7 Å². The van der Waals surface area contributed by atoms with Crippen LogP contribution in [-0.4, -0.2) is 50.4 Å². The third kappa shape index (κ3) is 10.3. The van der Waals surface area contributed by atoms with Gasteiger partial charge in [-0.25, -0.2) is 4.39 Å². The molecule has 0 aliphatic carbocycles. The molecule has 0 saturated carbocycles. The fraction of sp³-hybridized carbons (Fsp3) is 0.622. The van der Waals surface area contributed by atoms with E-state index in [-0.39, 0.29) is 23.4 Å². The smallest absolute Gasteiger partial charge is 0.228 e. The zero-order valence-electron chi connectivity index (χ0n) is 27.4. The number of primary amides is 1. The van der Waals surface area contributed by atoms with Crippen LogP contribution < -0.4 is 15.2 Å². The summed E-state index contributed by atoms with van der Waals surface area (Å²) >= 11 is 0. The number of nitrogens with two attached hydrogens (primary N) is 1. The largest absolute Gasteiger partial charge is 0.493 e. The SMILES string of the molecule is CCCCCCCCCCCCC(CCCN1CCC(C(=O)c2ccc(F)cc2)CC1)(C(N)=O)c1ccc(OC)c(OC)c1. The fourth-order valence-electron chi connectivity index (χ4n) is 6.72. The number of methoxy groups -OCH3 is 2. The zero-order valence-corrected chi connectivity index (χ0v) is 27.4. The predicted octanol–water partition coefficient (Wildman–Crippen LogP) is 8.25. The quantitative estimate of drug-likeness (QED) is 0.114. The first kappa shape index (κ1) is 35.5. The van der Waals surface area contributed by atoms with Gasteiger partial charge in [0.2, 0.25) is 5.91 Å². The lowest BCUT2D eigenvalue weighted by molar-refractivity contribution is -0.124. The number of ether oxygens (including phenoxy) is 2. The van der Waals surface area contributed by atoms with Crippen molar-refractivity contribution in [2.45, 2.75) is 109 Å². The van der Waals surface area contributed by atoms with Crippen LogP contribution in [0.5, 0.6) is 11.5 Å². The standard InChI is InChI=1S/C37H55FN2O4/c1-4-5-6-7-8-9-10-11-12-13-23-37(36(39)42,31-17-20-33(43-2)34(28-31)44-3)24-14-25-40-26-21-30(22-27-40)35(41)29-15-18-32(38)19-16-29/h15-20,28,30H,4-14,21-27H2,1-3H3,(H2,39,42). The summed E-state index contributed by atoms with van der Waals surface area (Å²) in [6.45, 7) is 4.75. The molecule has 6 nitrogen and oxygen atoms in total. The molecular formula is C37H55FN2O4. The molecule has 7 heteroatoms. The number of carbonyl (C=O) groups excluding carboxylic acids is 2. The van der Waals surface area contributed by atoms with Crippen LogP contribution in [0.4, 0.5) is 4.39 Å². The Kier molecular flexibility index (Phi) is 15.2. The summed E-state index contributed by atoms with van der Waals surface area (Å²) in [6.07, 6.45) is 16.1. The van der Waals surface area contributed by atoms with Gasteiger partial charge in [-0.3, -0.25) is 9.59 Å². The summed E-state index contributed by atoms with van der Waals surface area (Å²) in [5, 5.41) is 0. The van der Waals surface area contributed by atoms with Gasteiger partial charge < -0.3 is 20.1 Å². The van der Waals surface area contributed by atoms with Crippen molar-refractivity contribution in [1.29, 1.82) is 0 Å². The molecule has 1 saturated heterocycles. The van der Waals surface area contributed by atoms with Crippen LogP contribution in [0.15, 0.2) is 42.5 Å². The lowest BCUT2D eigenvalue weighted by atomic mass is 9.72. The molecule has 1 atom stereocenters. The summed E-state index contributed by atoms with van der Waals surface area (Å²) in [7, 11) is 3.22. The molecule has 2 aromatic rings. The average molecular weight is 611 g/mol. The van der Waals surface area contributed by atoms with Gasteiger partial charge in [0, 0.05) is 11.5 Å². The first-order valence-corrected chi connectivity index (χ1v) is 16.9. The van der Waals surface area contributed by atoms with E-state index in [0.717, 1.165) is 57.3 Å². The van der Waals surface area contributed by atoms with Gasteiger partial charge in [0.25, 0.3) is 0 Å². The molecule has 1 amide bonds.